The van der Waals surface area contributed by atoms with Gasteiger partial charge in [0.15, 0.2) is 11.5 Å². The van der Waals surface area contributed by atoms with Crippen molar-refractivity contribution in [3.8, 4) is 34.5 Å². The van der Waals surface area contributed by atoms with E-state index in [0.717, 1.165) is 116 Å². The first kappa shape index (κ1) is 71.8. The quantitative estimate of drug-likeness (QED) is 0.0134. The summed E-state index contributed by atoms with van der Waals surface area (Å²) in [6.45, 7) is 13.2. The van der Waals surface area contributed by atoms with Gasteiger partial charge in [0.05, 0.1) is 56.3 Å². The molecule has 0 spiro atoms. The number of hydrogen-bond donors (Lipinski definition) is 0. The van der Waals surface area contributed by atoms with Gasteiger partial charge in [-0.3, -0.25) is 0 Å². The molecule has 15 nitrogen and oxygen atoms in total. The topological polar surface area (TPSA) is 185 Å². The second-order valence-corrected chi connectivity index (χ2v) is 21.6. The fourth-order valence-corrected chi connectivity index (χ4v) is 9.38. The number of rotatable bonds is 51. The predicted octanol–water partition coefficient (Wildman–Crippen LogP) is 17.4. The zero-order chi connectivity index (χ0) is 62.2. The van der Waals surface area contributed by atoms with Crippen LogP contribution >= 0.6 is 0 Å². The van der Waals surface area contributed by atoms with Crippen molar-refractivity contribution in [1.29, 1.82) is 0 Å². The third-order valence-corrected chi connectivity index (χ3v) is 14.5. The first-order valence-electron chi connectivity index (χ1n) is 31.9. The predicted molar refractivity (Wildman–Crippen MR) is 339 cm³/mol. The molecule has 0 amide bonds. The van der Waals surface area contributed by atoms with E-state index in [2.05, 4.69) is 19.7 Å². The van der Waals surface area contributed by atoms with E-state index in [1.807, 2.05) is 0 Å². The minimum Gasteiger partial charge on any atom is -0.494 e. The Morgan fingerprint density at radius 2 is 0.494 bits per heavy atom. The highest BCUT2D eigenvalue weighted by molar-refractivity contribution is 5.94. The Morgan fingerprint density at radius 1 is 0.264 bits per heavy atom. The average Bonchev–Trinajstić information content (AvgIpc) is 3.73. The number of ether oxygens (including phenoxy) is 9. The SMILES string of the molecule is C=CC(=O)OCCCCCCCCCCCCOc1ccc(C(=O)Oc2ccc(OC(=O)c3ccc(OCCCCCCCCCCCCOC(=O)C=C)cc3)c(OC(=O)c3ccc(OCCCCCCCCCCCCOC(=O)C=C)cc3)c2)cc1. The van der Waals surface area contributed by atoms with Crippen LogP contribution in [0, 0.1) is 0 Å². The second kappa shape index (κ2) is 46.5. The van der Waals surface area contributed by atoms with Crippen molar-refractivity contribution in [3.05, 3.63) is 146 Å². The second-order valence-electron chi connectivity index (χ2n) is 21.6. The average molecular weight is 1200 g/mol. The maximum atomic E-state index is 13.7. The Kier molecular flexibility index (Phi) is 38.4. The number of carbonyl (C=O) groups is 6. The highest BCUT2D eigenvalue weighted by Gasteiger charge is 2.20. The number of carbonyl (C=O) groups excluding carboxylic acids is 6. The summed E-state index contributed by atoms with van der Waals surface area (Å²) in [5, 5.41) is 0. The Morgan fingerprint density at radius 3 is 0.770 bits per heavy atom. The van der Waals surface area contributed by atoms with Gasteiger partial charge in [0.25, 0.3) is 0 Å². The smallest absolute Gasteiger partial charge is 0.343 e. The van der Waals surface area contributed by atoms with E-state index in [0.29, 0.717) is 56.9 Å². The van der Waals surface area contributed by atoms with E-state index in [9.17, 15) is 28.8 Å². The first-order valence-corrected chi connectivity index (χ1v) is 31.9. The van der Waals surface area contributed by atoms with E-state index in [-0.39, 0.29) is 51.8 Å². The van der Waals surface area contributed by atoms with Crippen LogP contribution in [-0.4, -0.2) is 75.5 Å². The Labute approximate surface area is 517 Å². The van der Waals surface area contributed by atoms with Gasteiger partial charge in [0.1, 0.15) is 23.0 Å². The van der Waals surface area contributed by atoms with Gasteiger partial charge in [-0.25, -0.2) is 28.8 Å². The van der Waals surface area contributed by atoms with Crippen molar-refractivity contribution in [3.63, 3.8) is 0 Å². The molecular formula is C72H96O15. The largest absolute Gasteiger partial charge is 0.494 e. The molecule has 0 aliphatic heterocycles. The molecule has 0 atom stereocenters. The normalized spacial score (nSPS) is 10.8. The molecule has 0 heterocycles. The molecule has 0 aliphatic rings. The number of unbranched alkanes of at least 4 members (excludes halogenated alkanes) is 27. The molecule has 0 radical (unpaired) electrons. The highest BCUT2D eigenvalue weighted by Crippen LogP contribution is 2.34. The van der Waals surface area contributed by atoms with E-state index in [1.54, 1.807) is 72.8 Å². The Hall–Kier alpha value is -7.68. The van der Waals surface area contributed by atoms with E-state index >= 15 is 0 Å². The first-order chi connectivity index (χ1) is 42.6. The van der Waals surface area contributed by atoms with Gasteiger partial charge in [-0.1, -0.05) is 174 Å². The van der Waals surface area contributed by atoms with Crippen LogP contribution in [0.3, 0.4) is 0 Å². The monoisotopic (exact) mass is 1200 g/mol. The van der Waals surface area contributed by atoms with E-state index < -0.39 is 17.9 Å². The lowest BCUT2D eigenvalue weighted by Gasteiger charge is -2.13. The summed E-state index contributed by atoms with van der Waals surface area (Å²) in [4.78, 5) is 74.0. The highest BCUT2D eigenvalue weighted by atomic mass is 16.6. The molecule has 474 valence electrons. The summed E-state index contributed by atoms with van der Waals surface area (Å²) in [6, 6.07) is 24.2. The van der Waals surface area contributed by atoms with Gasteiger partial charge in [-0.15, -0.1) is 0 Å². The van der Waals surface area contributed by atoms with Crippen LogP contribution in [0.1, 0.15) is 224 Å². The standard InChI is InChI=1S/C72H96O15/c1-4-67(73)82-54-34-28-22-16-10-7-13-19-25-31-51-79-61-43-37-58(38-44-61)70(76)85-64-49-50-65(86-71(77)59-39-45-62(46-40-59)80-52-32-26-20-14-8-11-17-23-29-35-55-83-68(74)5-2)66(57-64)87-72(78)60-41-47-63(48-42-60)81-53-33-27-21-15-9-12-18-24-30-36-56-84-69(75)6-3/h4-6,37-50,57H,1-3,7-36,51-56H2. The molecule has 0 bridgehead atoms. The van der Waals surface area contributed by atoms with Gasteiger partial charge < -0.3 is 42.6 Å². The van der Waals surface area contributed by atoms with Crippen LogP contribution < -0.4 is 28.4 Å². The molecule has 87 heavy (non-hydrogen) atoms. The maximum absolute atomic E-state index is 13.7. The molecule has 0 saturated carbocycles. The third-order valence-electron chi connectivity index (χ3n) is 14.5. The molecule has 4 aromatic rings. The van der Waals surface area contributed by atoms with Crippen LogP contribution in [0.5, 0.6) is 34.5 Å². The van der Waals surface area contributed by atoms with E-state index in [4.69, 9.17) is 42.6 Å². The maximum Gasteiger partial charge on any atom is 0.343 e. The van der Waals surface area contributed by atoms with Crippen molar-refractivity contribution in [1.82, 2.24) is 0 Å². The van der Waals surface area contributed by atoms with Gasteiger partial charge in [0.2, 0.25) is 0 Å². The summed E-state index contributed by atoms with van der Waals surface area (Å²) < 4.78 is 50.4. The Bertz CT molecular complexity index is 2610. The van der Waals surface area contributed by atoms with Gasteiger partial charge in [-0.2, -0.15) is 0 Å². The molecule has 0 aromatic heterocycles. The minimum atomic E-state index is -0.729. The third kappa shape index (κ3) is 33.7. The van der Waals surface area contributed by atoms with Crippen LogP contribution in [0.25, 0.3) is 0 Å². The Balaban J connectivity index is 1.23. The molecule has 0 N–H and O–H groups in total. The summed E-state index contributed by atoms with van der Waals surface area (Å²) in [5.74, 6) is -1.44. The van der Waals surface area contributed by atoms with Crippen LogP contribution in [0.4, 0.5) is 0 Å². The van der Waals surface area contributed by atoms with Gasteiger partial charge in [0, 0.05) is 24.3 Å². The molecule has 4 rings (SSSR count). The number of benzene rings is 4. The zero-order valence-electron chi connectivity index (χ0n) is 51.6. The van der Waals surface area contributed by atoms with Crippen LogP contribution in [0.15, 0.2) is 129 Å². The van der Waals surface area contributed by atoms with Crippen LogP contribution in [-0.2, 0) is 28.6 Å². The molecule has 0 unspecified atom stereocenters. The summed E-state index contributed by atoms with van der Waals surface area (Å²) in [6.07, 6.45) is 36.4. The summed E-state index contributed by atoms with van der Waals surface area (Å²) in [7, 11) is 0. The fraction of sp³-hybridized carbons (Fsp3) is 0.500. The van der Waals surface area contributed by atoms with Gasteiger partial charge >= 0.3 is 35.8 Å². The van der Waals surface area contributed by atoms with Crippen molar-refractivity contribution in [2.45, 2.75) is 193 Å². The van der Waals surface area contributed by atoms with Crippen molar-refractivity contribution in [2.24, 2.45) is 0 Å². The van der Waals surface area contributed by atoms with Gasteiger partial charge in [-0.05, 0) is 123 Å². The lowest BCUT2D eigenvalue weighted by atomic mass is 10.1. The van der Waals surface area contributed by atoms with Crippen LogP contribution in [0.2, 0.25) is 0 Å². The van der Waals surface area contributed by atoms with Crippen molar-refractivity contribution >= 4 is 35.8 Å². The molecule has 0 saturated heterocycles. The number of esters is 6. The van der Waals surface area contributed by atoms with E-state index in [1.165, 1.54) is 113 Å². The minimum absolute atomic E-state index is 0.0586. The lowest BCUT2D eigenvalue weighted by Crippen LogP contribution is -2.13. The molecule has 0 aliphatic carbocycles. The summed E-state index contributed by atoms with van der Waals surface area (Å²) >= 11 is 0. The van der Waals surface area contributed by atoms with Crippen molar-refractivity contribution in [2.75, 3.05) is 39.6 Å². The summed E-state index contributed by atoms with van der Waals surface area (Å²) in [5.41, 5.74) is 0.752. The molecule has 4 aromatic carbocycles. The van der Waals surface area contributed by atoms with Crippen molar-refractivity contribution < 1.29 is 71.4 Å². The zero-order valence-corrected chi connectivity index (χ0v) is 51.6. The lowest BCUT2D eigenvalue weighted by molar-refractivity contribution is -0.138. The fourth-order valence-electron chi connectivity index (χ4n) is 9.38. The molecule has 15 heteroatoms. The molecular weight excluding hydrogens is 1100 g/mol. The molecule has 0 fully saturated rings. The number of hydrogen-bond acceptors (Lipinski definition) is 15.